The first-order valence-electron chi connectivity index (χ1n) is 8.94. The van der Waals surface area contributed by atoms with Gasteiger partial charge in [-0.25, -0.2) is 0 Å². The molecule has 0 radical (unpaired) electrons. The molecular formula is C17H30ClN3O2. The molecule has 5 nitrogen and oxygen atoms in total. The molecule has 0 aromatic carbocycles. The van der Waals surface area contributed by atoms with Crippen molar-refractivity contribution in [1.82, 2.24) is 10.2 Å². The second-order valence-corrected chi connectivity index (χ2v) is 7.50. The molecule has 1 saturated heterocycles. The fourth-order valence-electron chi connectivity index (χ4n) is 3.80. The molecule has 0 aromatic rings. The summed E-state index contributed by atoms with van der Waals surface area (Å²) in [6.45, 7) is 2.11. The molecular weight excluding hydrogens is 314 g/mol. The highest BCUT2D eigenvalue weighted by molar-refractivity contribution is 5.87. The number of carbonyl (C=O) groups excluding carboxylic acids is 2. The summed E-state index contributed by atoms with van der Waals surface area (Å²) in [4.78, 5) is 26.9. The number of halogens is 1. The van der Waals surface area contributed by atoms with Gasteiger partial charge in [0, 0.05) is 19.6 Å². The number of rotatable bonds is 4. The van der Waals surface area contributed by atoms with E-state index in [1.165, 1.54) is 19.3 Å². The average molecular weight is 344 g/mol. The Kier molecular flexibility index (Phi) is 6.32. The van der Waals surface area contributed by atoms with Crippen molar-refractivity contribution in [3.05, 3.63) is 0 Å². The summed E-state index contributed by atoms with van der Waals surface area (Å²) in [6, 6.07) is 0. The van der Waals surface area contributed by atoms with Gasteiger partial charge >= 0.3 is 0 Å². The standard InChI is InChI=1S/C17H29N3O2.ClH/c18-17(8-2-1-3-9-17)16(22)20-10-4-5-14(12-20)15(21)19-11-13-6-7-13;/h13-14H,1-12,18H2,(H,19,21);1H. The van der Waals surface area contributed by atoms with Crippen LogP contribution >= 0.6 is 12.4 Å². The average Bonchev–Trinajstić information content (AvgIpc) is 3.37. The van der Waals surface area contributed by atoms with E-state index in [1.807, 2.05) is 4.90 Å². The molecule has 2 aliphatic carbocycles. The lowest BCUT2D eigenvalue weighted by Gasteiger charge is -2.40. The topological polar surface area (TPSA) is 75.4 Å². The van der Waals surface area contributed by atoms with Gasteiger partial charge in [0.25, 0.3) is 0 Å². The Morgan fingerprint density at radius 1 is 1.09 bits per heavy atom. The summed E-state index contributed by atoms with van der Waals surface area (Å²) in [5, 5.41) is 3.05. The summed E-state index contributed by atoms with van der Waals surface area (Å²) in [5.74, 6) is 0.842. The summed E-state index contributed by atoms with van der Waals surface area (Å²) in [7, 11) is 0. The van der Waals surface area contributed by atoms with Gasteiger partial charge in [0.05, 0.1) is 11.5 Å². The van der Waals surface area contributed by atoms with Crippen LogP contribution < -0.4 is 11.1 Å². The van der Waals surface area contributed by atoms with Gasteiger partial charge in [-0.15, -0.1) is 12.4 Å². The van der Waals surface area contributed by atoms with Gasteiger partial charge in [0.1, 0.15) is 0 Å². The molecule has 132 valence electrons. The highest BCUT2D eigenvalue weighted by atomic mass is 35.5. The van der Waals surface area contributed by atoms with Gasteiger partial charge in [-0.3, -0.25) is 9.59 Å². The summed E-state index contributed by atoms with van der Waals surface area (Å²) in [5.41, 5.74) is 5.69. The second-order valence-electron chi connectivity index (χ2n) is 7.50. The molecule has 3 fully saturated rings. The highest BCUT2D eigenvalue weighted by Crippen LogP contribution is 2.30. The molecule has 0 spiro atoms. The van der Waals surface area contributed by atoms with Crippen molar-refractivity contribution in [1.29, 1.82) is 0 Å². The minimum atomic E-state index is -0.676. The molecule has 23 heavy (non-hydrogen) atoms. The van der Waals surface area contributed by atoms with E-state index >= 15 is 0 Å². The summed E-state index contributed by atoms with van der Waals surface area (Å²) in [6.07, 6.45) is 9.13. The number of nitrogens with zero attached hydrogens (tertiary/aromatic N) is 1. The van der Waals surface area contributed by atoms with Crippen molar-refractivity contribution in [3.8, 4) is 0 Å². The number of hydrogen-bond acceptors (Lipinski definition) is 3. The number of amides is 2. The van der Waals surface area contributed by atoms with Crippen molar-refractivity contribution < 1.29 is 9.59 Å². The number of carbonyl (C=O) groups is 2. The Morgan fingerprint density at radius 3 is 2.43 bits per heavy atom. The summed E-state index contributed by atoms with van der Waals surface area (Å²) >= 11 is 0. The molecule has 6 heteroatoms. The Labute approximate surface area is 145 Å². The molecule has 1 unspecified atom stereocenters. The minimum Gasteiger partial charge on any atom is -0.356 e. The fraction of sp³-hybridized carbons (Fsp3) is 0.882. The van der Waals surface area contributed by atoms with Gasteiger partial charge in [0.2, 0.25) is 11.8 Å². The number of nitrogens with one attached hydrogen (secondary N) is 1. The molecule has 3 aliphatic rings. The number of nitrogens with two attached hydrogens (primary N) is 1. The molecule has 1 heterocycles. The van der Waals surface area contributed by atoms with Crippen LogP contribution in [0.1, 0.15) is 57.8 Å². The van der Waals surface area contributed by atoms with Gasteiger partial charge in [-0.2, -0.15) is 0 Å². The predicted molar refractivity (Wildman–Crippen MR) is 92.3 cm³/mol. The number of likely N-dealkylation sites (tertiary alicyclic amines) is 1. The van der Waals surface area contributed by atoms with E-state index in [9.17, 15) is 9.59 Å². The molecule has 3 N–H and O–H groups in total. The third-order valence-corrected chi connectivity index (χ3v) is 5.51. The van der Waals surface area contributed by atoms with E-state index in [1.54, 1.807) is 0 Å². The van der Waals surface area contributed by atoms with Gasteiger partial charge < -0.3 is 16.0 Å². The maximum absolute atomic E-state index is 12.8. The zero-order valence-corrected chi connectivity index (χ0v) is 14.7. The Bertz CT molecular complexity index is 434. The third kappa shape index (κ3) is 4.60. The maximum Gasteiger partial charge on any atom is 0.242 e. The number of hydrogen-bond donors (Lipinski definition) is 2. The van der Waals surface area contributed by atoms with Crippen molar-refractivity contribution >= 4 is 24.2 Å². The van der Waals surface area contributed by atoms with E-state index in [4.69, 9.17) is 5.73 Å². The van der Waals surface area contributed by atoms with E-state index in [-0.39, 0.29) is 30.1 Å². The lowest BCUT2D eigenvalue weighted by Crippen LogP contribution is -2.58. The zero-order valence-electron chi connectivity index (χ0n) is 13.9. The summed E-state index contributed by atoms with van der Waals surface area (Å²) < 4.78 is 0. The molecule has 2 amide bonds. The normalized spacial score (nSPS) is 27.0. The minimum absolute atomic E-state index is 0. The Hall–Kier alpha value is -0.810. The van der Waals surface area contributed by atoms with Crippen molar-refractivity contribution in [2.45, 2.75) is 63.3 Å². The van der Waals surface area contributed by atoms with Crippen LogP contribution in [-0.2, 0) is 9.59 Å². The largest absolute Gasteiger partial charge is 0.356 e. The first-order valence-corrected chi connectivity index (χ1v) is 8.94. The molecule has 0 bridgehead atoms. The Balaban J connectivity index is 0.00000192. The van der Waals surface area contributed by atoms with E-state index in [2.05, 4.69) is 5.32 Å². The molecule has 2 saturated carbocycles. The van der Waals surface area contributed by atoms with Crippen LogP contribution in [0.25, 0.3) is 0 Å². The smallest absolute Gasteiger partial charge is 0.242 e. The fourth-order valence-corrected chi connectivity index (χ4v) is 3.80. The van der Waals surface area contributed by atoms with Crippen LogP contribution in [0.5, 0.6) is 0 Å². The molecule has 1 atom stereocenters. The van der Waals surface area contributed by atoms with E-state index in [0.717, 1.165) is 51.6 Å². The van der Waals surface area contributed by atoms with Gasteiger partial charge in [-0.1, -0.05) is 19.3 Å². The first-order chi connectivity index (χ1) is 10.6. The lowest BCUT2D eigenvalue weighted by molar-refractivity contribution is -0.141. The SMILES string of the molecule is Cl.NC1(C(=O)N2CCCC(C(=O)NCC3CC3)C2)CCCCC1. The quantitative estimate of drug-likeness (QED) is 0.817. The second kappa shape index (κ2) is 7.84. The van der Waals surface area contributed by atoms with Crippen LogP contribution in [0.3, 0.4) is 0 Å². The lowest BCUT2D eigenvalue weighted by atomic mass is 9.81. The van der Waals surface area contributed by atoms with Gasteiger partial charge in [0.15, 0.2) is 0 Å². The molecule has 1 aliphatic heterocycles. The van der Waals surface area contributed by atoms with Crippen molar-refractivity contribution in [2.75, 3.05) is 19.6 Å². The maximum atomic E-state index is 12.8. The monoisotopic (exact) mass is 343 g/mol. The third-order valence-electron chi connectivity index (χ3n) is 5.51. The molecule has 0 aromatic heterocycles. The van der Waals surface area contributed by atoms with Crippen LogP contribution in [0.4, 0.5) is 0 Å². The zero-order chi connectivity index (χ0) is 15.6. The van der Waals surface area contributed by atoms with Gasteiger partial charge in [-0.05, 0) is 44.4 Å². The Morgan fingerprint density at radius 2 is 1.78 bits per heavy atom. The van der Waals surface area contributed by atoms with Crippen LogP contribution in [0.15, 0.2) is 0 Å². The highest BCUT2D eigenvalue weighted by Gasteiger charge is 2.40. The van der Waals surface area contributed by atoms with Crippen LogP contribution in [-0.4, -0.2) is 41.9 Å². The van der Waals surface area contributed by atoms with E-state index in [0.29, 0.717) is 12.5 Å². The van der Waals surface area contributed by atoms with Crippen LogP contribution in [0.2, 0.25) is 0 Å². The molecule has 3 rings (SSSR count). The number of piperidine rings is 1. The van der Waals surface area contributed by atoms with Crippen molar-refractivity contribution in [2.24, 2.45) is 17.6 Å². The van der Waals surface area contributed by atoms with E-state index < -0.39 is 5.54 Å². The first kappa shape index (κ1) is 18.5. The van der Waals surface area contributed by atoms with Crippen LogP contribution in [0, 0.1) is 11.8 Å². The van der Waals surface area contributed by atoms with Crippen molar-refractivity contribution in [3.63, 3.8) is 0 Å². The predicted octanol–water partition coefficient (Wildman–Crippen LogP) is 1.83.